The summed E-state index contributed by atoms with van der Waals surface area (Å²) in [5.74, 6) is 0.488. The predicted octanol–water partition coefficient (Wildman–Crippen LogP) is 24.1. The van der Waals surface area contributed by atoms with Gasteiger partial charge in [-0.25, -0.2) is 0 Å². The fourth-order valence-electron chi connectivity index (χ4n) is 13.0. The first-order valence-corrected chi connectivity index (χ1v) is 36.4. The molecule has 4 nitrogen and oxygen atoms in total. The van der Waals surface area contributed by atoms with Crippen LogP contribution in [0.15, 0.2) is 166 Å². The van der Waals surface area contributed by atoms with E-state index in [0.29, 0.717) is 0 Å². The Morgan fingerprint density at radius 1 is 0.494 bits per heavy atom. The zero-order chi connectivity index (χ0) is 59.0. The second kappa shape index (κ2) is 28.5. The fraction of sp³-hybridized carbons (Fsp3) is 0.351. The zero-order valence-electron chi connectivity index (χ0n) is 51.1. The molecule has 2 atom stereocenters. The largest absolute Gasteiger partial charge is 0.453 e. The van der Waals surface area contributed by atoms with Gasteiger partial charge in [0, 0.05) is 36.4 Å². The average molecular weight is 1390 g/mol. The highest BCUT2D eigenvalue weighted by atomic mass is 127. The van der Waals surface area contributed by atoms with E-state index in [1.807, 2.05) is 0 Å². The van der Waals surface area contributed by atoms with Crippen molar-refractivity contribution in [2.24, 2.45) is 0 Å². The summed E-state index contributed by atoms with van der Waals surface area (Å²) < 4.78 is 34.1. The van der Waals surface area contributed by atoms with Crippen LogP contribution in [-0.4, -0.2) is 5.60 Å². The Balaban J connectivity index is 1.25. The van der Waals surface area contributed by atoms with E-state index in [4.69, 9.17) is 17.4 Å². The molecule has 0 bridgehead atoms. The molecule has 0 fully saturated rings. The highest BCUT2D eigenvalue weighted by molar-refractivity contribution is 14.1. The predicted molar refractivity (Wildman–Crippen MR) is 384 cm³/mol. The van der Waals surface area contributed by atoms with E-state index < -0.39 is 22.0 Å². The lowest BCUT2D eigenvalue weighted by Gasteiger charge is -2.46. The molecule has 9 aromatic carbocycles. The third kappa shape index (κ3) is 13.3. The van der Waals surface area contributed by atoms with Gasteiger partial charge in [-0.2, -0.15) is 0 Å². The van der Waals surface area contributed by atoms with Crippen molar-refractivity contribution in [2.45, 2.75) is 176 Å². The van der Waals surface area contributed by atoms with Gasteiger partial charge in [0.05, 0.1) is 11.7 Å². The Kier molecular flexibility index (Phi) is 20.7. The van der Waals surface area contributed by atoms with E-state index >= 15 is 0 Å². The molecule has 0 aliphatic heterocycles. The van der Waals surface area contributed by atoms with Gasteiger partial charge >= 0.3 is 8.24 Å². The van der Waals surface area contributed by atoms with Crippen molar-refractivity contribution < 1.29 is 17.4 Å². The fourth-order valence-corrected chi connectivity index (χ4v) is 17.6. The minimum Gasteiger partial charge on any atom is -0.390 e. The van der Waals surface area contributed by atoms with Crippen molar-refractivity contribution in [1.82, 2.24) is 0 Å². The number of hydrogen-bond acceptors (Lipinski definition) is 4. The van der Waals surface area contributed by atoms with Gasteiger partial charge in [0.2, 0.25) is 0 Å². The number of aryl methyl sites for hydroxylation is 5. The van der Waals surface area contributed by atoms with Crippen molar-refractivity contribution in [2.75, 3.05) is 0 Å². The Labute approximate surface area is 535 Å². The van der Waals surface area contributed by atoms with Gasteiger partial charge in [-0.05, 0) is 236 Å². The lowest BCUT2D eigenvalue weighted by atomic mass is 9.67. The Hall–Kier alpha value is -4.95. The number of halogens is 2. The van der Waals surface area contributed by atoms with Crippen LogP contribution in [0.4, 0.5) is 0 Å². The average Bonchev–Trinajstić information content (AvgIpc) is 1.65. The maximum absolute atomic E-state index is 8.28. The molecule has 10 aromatic rings. The maximum atomic E-state index is 8.28. The highest BCUT2D eigenvalue weighted by Crippen LogP contribution is 2.59. The summed E-state index contributed by atoms with van der Waals surface area (Å²) in [6.07, 6.45) is 21.6. The van der Waals surface area contributed by atoms with E-state index in [-0.39, 0.29) is 5.92 Å². The summed E-state index contributed by atoms with van der Waals surface area (Å²) in [6.45, 7) is 16.2. The first-order valence-electron chi connectivity index (χ1n) is 31.9. The van der Waals surface area contributed by atoms with Crippen molar-refractivity contribution >= 4 is 133 Å². The Morgan fingerprint density at radius 2 is 0.965 bits per heavy atom. The van der Waals surface area contributed by atoms with Gasteiger partial charge in [0.1, 0.15) is 16.8 Å². The summed E-state index contributed by atoms with van der Waals surface area (Å²) in [4.78, 5) is 0. The monoisotopic (exact) mass is 1390 g/mol. The molecule has 1 aromatic heterocycles. The summed E-state index contributed by atoms with van der Waals surface area (Å²) >= 11 is 5.05. The van der Waals surface area contributed by atoms with E-state index in [0.717, 1.165) is 158 Å². The van der Waals surface area contributed by atoms with Crippen LogP contribution in [0.3, 0.4) is 0 Å². The number of benzene rings is 9. The molecule has 1 aliphatic rings. The number of hydrogen-bond donors (Lipinski definition) is 0. The highest BCUT2D eigenvalue weighted by Gasteiger charge is 2.48. The SMILES string of the molecule is CCCCC1=Cc2cc(CCCC)ccc2C(c2c(Op3oc4c(CCCC)cc5cc(CCCC)ccc5c4c4c(o3)c(CCCC)cc3cc(CCCC)ccc34)c(I)cc3cc(I)ccc23)C1(C)OP(c1ccccc1)c1ccccc1. The van der Waals surface area contributed by atoms with E-state index in [1.165, 1.54) is 85.6 Å². The topological polar surface area (TPSA) is 44.7 Å². The number of unbranched alkanes of at least 4 members (excludes halogenated alkanes) is 6. The molecule has 11 rings (SSSR count). The van der Waals surface area contributed by atoms with Crippen molar-refractivity contribution in [3.8, 4) is 5.75 Å². The van der Waals surface area contributed by atoms with Gasteiger partial charge in [-0.3, -0.25) is 0 Å². The summed E-state index contributed by atoms with van der Waals surface area (Å²) in [7, 11) is -3.46. The number of fused-ring (bicyclic) bond motifs is 9. The molecule has 0 spiro atoms. The molecular weight excluding hydrogens is 1300 g/mol. The lowest BCUT2D eigenvalue weighted by Crippen LogP contribution is -2.42. The third-order valence-corrected chi connectivity index (χ3v) is 22.2. The van der Waals surface area contributed by atoms with Gasteiger partial charge in [0.25, 0.3) is 0 Å². The lowest BCUT2D eigenvalue weighted by molar-refractivity contribution is 0.125. The van der Waals surface area contributed by atoms with Crippen molar-refractivity contribution in [3.05, 3.63) is 209 Å². The molecule has 0 saturated carbocycles. The molecule has 1 heterocycles. The van der Waals surface area contributed by atoms with Crippen molar-refractivity contribution in [1.29, 1.82) is 0 Å². The summed E-state index contributed by atoms with van der Waals surface area (Å²) in [6, 6.07) is 57.8. The van der Waals surface area contributed by atoms with E-state index in [2.05, 4.69) is 251 Å². The second-order valence-corrected chi connectivity index (χ2v) is 29.1. The first kappa shape index (κ1) is 61.7. The second-order valence-electron chi connectivity index (χ2n) is 23.9. The minimum atomic E-state index is -2.14. The summed E-state index contributed by atoms with van der Waals surface area (Å²) in [5, 5.41) is 11.9. The van der Waals surface area contributed by atoms with Crippen LogP contribution < -0.4 is 15.1 Å². The molecule has 2 unspecified atom stereocenters. The molecule has 0 radical (unpaired) electrons. The molecular formula is C77H84I2O4P2. The summed E-state index contributed by atoms with van der Waals surface area (Å²) in [5.41, 5.74) is 12.4. The van der Waals surface area contributed by atoms with Crippen LogP contribution in [0.25, 0.3) is 60.3 Å². The molecule has 0 N–H and O–H groups in total. The normalized spacial score (nSPS) is 15.2. The Bertz CT molecular complexity index is 3900. The van der Waals surface area contributed by atoms with E-state index in [9.17, 15) is 0 Å². The van der Waals surface area contributed by atoms with Crippen LogP contribution in [0.2, 0.25) is 0 Å². The van der Waals surface area contributed by atoms with Gasteiger partial charge in [0.15, 0.2) is 5.75 Å². The van der Waals surface area contributed by atoms with Crippen LogP contribution >= 0.6 is 61.6 Å². The van der Waals surface area contributed by atoms with Crippen LogP contribution in [0, 0.1) is 7.14 Å². The Morgan fingerprint density at radius 3 is 1.49 bits per heavy atom. The standard InChI is InChI=1S/C77H84I2O4P2/c1-8-14-26-52-36-40-65-57(44-52)47-55(29-17-11-4)74-70(65)71-66-41-37-53(27-15-9-2)45-58(66)48-56(30-18-12-5)75(71)81-85(80-74)82-76-69(79)51-60-50-62(78)39-43-67(60)72(76)73-68-42-38-54(28-16-10-3)46-59(68)49-61(31-19-13-6)77(73,7)83-84(63-32-22-20-23-33-63)64-34-24-21-25-35-64/h20-25,32-51,73H,8-19,26-31H2,1-7H3. The van der Waals surface area contributed by atoms with Crippen LogP contribution in [0.5, 0.6) is 5.75 Å². The zero-order valence-corrected chi connectivity index (χ0v) is 57.2. The molecule has 85 heavy (non-hydrogen) atoms. The minimum absolute atomic E-state index is 0.303. The third-order valence-electron chi connectivity index (χ3n) is 17.6. The molecule has 0 saturated heterocycles. The van der Waals surface area contributed by atoms with Gasteiger partial charge in [-0.1, -0.05) is 207 Å². The van der Waals surface area contributed by atoms with Gasteiger partial charge in [-0.15, -0.1) is 0 Å². The first-order chi connectivity index (χ1) is 41.6. The number of rotatable bonds is 25. The molecule has 0 amide bonds. The molecule has 8 heteroatoms. The quantitative estimate of drug-likeness (QED) is 0.0423. The van der Waals surface area contributed by atoms with Crippen molar-refractivity contribution in [3.63, 3.8) is 0 Å². The molecule has 1 aliphatic carbocycles. The molecule has 440 valence electrons. The van der Waals surface area contributed by atoms with Crippen LogP contribution in [0.1, 0.15) is 182 Å². The van der Waals surface area contributed by atoms with Crippen LogP contribution in [-0.2, 0) is 36.6 Å². The smallest absolute Gasteiger partial charge is 0.390 e. The maximum Gasteiger partial charge on any atom is 0.453 e. The van der Waals surface area contributed by atoms with E-state index in [1.54, 1.807) is 0 Å². The van der Waals surface area contributed by atoms with Gasteiger partial charge < -0.3 is 17.4 Å².